The van der Waals surface area contributed by atoms with Crippen LogP contribution in [0.5, 0.6) is 0 Å². The second-order valence-electron chi connectivity index (χ2n) is 4.03. The lowest BCUT2D eigenvalue weighted by Gasteiger charge is -2.17. The Morgan fingerprint density at radius 3 is 2.75 bits per heavy atom. The van der Waals surface area contributed by atoms with Crippen LogP contribution in [-0.2, 0) is 9.53 Å². The van der Waals surface area contributed by atoms with E-state index in [-0.39, 0.29) is 17.8 Å². The van der Waals surface area contributed by atoms with Crippen molar-refractivity contribution < 1.29 is 9.53 Å². The van der Waals surface area contributed by atoms with Gasteiger partial charge in [-0.25, -0.2) is 0 Å². The van der Waals surface area contributed by atoms with Crippen LogP contribution in [-0.4, -0.2) is 12.6 Å². The Balaban J connectivity index is 2.27. The van der Waals surface area contributed by atoms with E-state index in [2.05, 4.69) is 0 Å². The highest BCUT2D eigenvalue weighted by atomic mass is 16.5. The fourth-order valence-electron chi connectivity index (χ4n) is 2.11. The molecule has 3 nitrogen and oxygen atoms in total. The minimum atomic E-state index is -0.229. The van der Waals surface area contributed by atoms with Crippen molar-refractivity contribution in [3.63, 3.8) is 0 Å². The maximum Gasteiger partial charge on any atom is 0.314 e. The molecular formula is C13H15NO2. The molecule has 1 aromatic rings. The topological polar surface area (TPSA) is 52.3 Å². The van der Waals surface area contributed by atoms with E-state index in [0.29, 0.717) is 6.61 Å². The number of cyclic esters (lactones) is 1. The highest BCUT2D eigenvalue weighted by Crippen LogP contribution is 2.34. The van der Waals surface area contributed by atoms with Crippen molar-refractivity contribution >= 4 is 5.97 Å². The standard InChI is InChI=1S/C13H15NO2/c1-9(10-5-3-2-4-6-10)12-11(7-14)8-16-13(12)15/h2-7,9,12H,8,14H2,1H3/t9?,12-/m0/s1. The average molecular weight is 217 g/mol. The second-order valence-corrected chi connectivity index (χ2v) is 4.03. The number of ether oxygens (including phenoxy) is 1. The van der Waals surface area contributed by atoms with Gasteiger partial charge in [0.25, 0.3) is 0 Å². The molecule has 2 atom stereocenters. The third-order valence-electron chi connectivity index (χ3n) is 3.07. The van der Waals surface area contributed by atoms with Crippen LogP contribution in [0.15, 0.2) is 42.1 Å². The lowest BCUT2D eigenvalue weighted by molar-refractivity contribution is -0.141. The number of benzene rings is 1. The number of carbonyl (C=O) groups excluding carboxylic acids is 1. The van der Waals surface area contributed by atoms with E-state index in [0.717, 1.165) is 11.1 Å². The predicted octanol–water partition coefficient (Wildman–Crippen LogP) is 1.81. The summed E-state index contributed by atoms with van der Waals surface area (Å²) in [5.41, 5.74) is 7.51. The third-order valence-corrected chi connectivity index (χ3v) is 3.07. The summed E-state index contributed by atoms with van der Waals surface area (Å²) in [6, 6.07) is 9.94. The summed E-state index contributed by atoms with van der Waals surface area (Å²) in [5, 5.41) is 0. The first kappa shape index (κ1) is 10.7. The van der Waals surface area contributed by atoms with E-state index < -0.39 is 0 Å². The molecule has 2 N–H and O–H groups in total. The molecular weight excluding hydrogens is 202 g/mol. The molecule has 0 bridgehead atoms. The van der Waals surface area contributed by atoms with E-state index in [1.807, 2.05) is 37.3 Å². The molecule has 16 heavy (non-hydrogen) atoms. The van der Waals surface area contributed by atoms with Gasteiger partial charge in [0.2, 0.25) is 0 Å². The molecule has 1 unspecified atom stereocenters. The van der Waals surface area contributed by atoms with Gasteiger partial charge in [-0.3, -0.25) is 4.79 Å². The van der Waals surface area contributed by atoms with Crippen molar-refractivity contribution in [1.82, 2.24) is 0 Å². The molecule has 0 spiro atoms. The normalized spacial score (nSPS) is 24.4. The minimum absolute atomic E-state index is 0.103. The monoisotopic (exact) mass is 217 g/mol. The van der Waals surface area contributed by atoms with Gasteiger partial charge in [0.1, 0.15) is 6.61 Å². The van der Waals surface area contributed by atoms with Gasteiger partial charge in [-0.1, -0.05) is 37.3 Å². The van der Waals surface area contributed by atoms with E-state index in [4.69, 9.17) is 10.5 Å². The quantitative estimate of drug-likeness (QED) is 0.768. The molecule has 1 aliphatic heterocycles. The van der Waals surface area contributed by atoms with E-state index in [1.165, 1.54) is 6.20 Å². The van der Waals surface area contributed by atoms with Crippen LogP contribution < -0.4 is 5.73 Å². The Kier molecular flexibility index (Phi) is 2.95. The fraction of sp³-hybridized carbons (Fsp3) is 0.308. The molecule has 0 radical (unpaired) electrons. The molecule has 0 aromatic heterocycles. The number of hydrogen-bond donors (Lipinski definition) is 1. The number of rotatable bonds is 2. The first-order valence-electron chi connectivity index (χ1n) is 5.36. The van der Waals surface area contributed by atoms with Crippen LogP contribution in [0.25, 0.3) is 0 Å². The predicted molar refractivity (Wildman–Crippen MR) is 61.6 cm³/mol. The summed E-state index contributed by atoms with van der Waals surface area (Å²) in [6.07, 6.45) is 1.50. The van der Waals surface area contributed by atoms with Crippen molar-refractivity contribution in [3.8, 4) is 0 Å². The number of hydrogen-bond acceptors (Lipinski definition) is 3. The zero-order valence-electron chi connectivity index (χ0n) is 9.22. The molecule has 2 rings (SSSR count). The molecule has 84 valence electrons. The van der Waals surface area contributed by atoms with Gasteiger partial charge >= 0.3 is 5.97 Å². The summed E-state index contributed by atoms with van der Waals surface area (Å²) in [7, 11) is 0. The van der Waals surface area contributed by atoms with Crippen molar-refractivity contribution in [3.05, 3.63) is 47.7 Å². The van der Waals surface area contributed by atoms with Gasteiger partial charge in [0.05, 0.1) is 5.92 Å². The van der Waals surface area contributed by atoms with Gasteiger partial charge < -0.3 is 10.5 Å². The van der Waals surface area contributed by atoms with Crippen molar-refractivity contribution in [2.75, 3.05) is 6.61 Å². The molecule has 3 heteroatoms. The number of esters is 1. The van der Waals surface area contributed by atoms with Gasteiger partial charge in [0.15, 0.2) is 0 Å². The summed E-state index contributed by atoms with van der Waals surface area (Å²) in [6.45, 7) is 2.35. The fourth-order valence-corrected chi connectivity index (χ4v) is 2.11. The Morgan fingerprint density at radius 2 is 2.12 bits per heavy atom. The SMILES string of the molecule is CC(c1ccccc1)[C@@H]1C(=O)OCC1=CN. The average Bonchev–Trinajstić information content (AvgIpc) is 2.70. The lowest BCUT2D eigenvalue weighted by atomic mass is 9.84. The maximum absolute atomic E-state index is 11.6. The third kappa shape index (κ3) is 1.81. The van der Waals surface area contributed by atoms with E-state index in [9.17, 15) is 4.79 Å². The summed E-state index contributed by atoms with van der Waals surface area (Å²) in [5.74, 6) is -0.300. The Hall–Kier alpha value is -1.77. The van der Waals surface area contributed by atoms with Crippen LogP contribution in [0.2, 0.25) is 0 Å². The van der Waals surface area contributed by atoms with Crippen molar-refractivity contribution in [2.24, 2.45) is 11.7 Å². The van der Waals surface area contributed by atoms with Crippen molar-refractivity contribution in [2.45, 2.75) is 12.8 Å². The minimum Gasteiger partial charge on any atom is -0.461 e. The number of nitrogens with two attached hydrogens (primary N) is 1. The Bertz CT molecular complexity index is 411. The molecule has 1 aliphatic rings. The van der Waals surface area contributed by atoms with Crippen LogP contribution in [0.4, 0.5) is 0 Å². The summed E-state index contributed by atoms with van der Waals surface area (Å²) < 4.78 is 5.02. The van der Waals surface area contributed by atoms with Gasteiger partial charge in [-0.05, 0) is 23.3 Å². The summed E-state index contributed by atoms with van der Waals surface area (Å²) >= 11 is 0. The van der Waals surface area contributed by atoms with Crippen LogP contribution >= 0.6 is 0 Å². The summed E-state index contributed by atoms with van der Waals surface area (Å²) in [4.78, 5) is 11.6. The van der Waals surface area contributed by atoms with E-state index in [1.54, 1.807) is 0 Å². The zero-order chi connectivity index (χ0) is 11.5. The van der Waals surface area contributed by atoms with Gasteiger partial charge in [-0.2, -0.15) is 0 Å². The van der Waals surface area contributed by atoms with Crippen LogP contribution in [0, 0.1) is 5.92 Å². The Labute approximate surface area is 94.9 Å². The highest BCUT2D eigenvalue weighted by molar-refractivity contribution is 5.80. The molecule has 1 fully saturated rings. The first-order valence-corrected chi connectivity index (χ1v) is 5.36. The molecule has 1 aromatic carbocycles. The van der Waals surface area contributed by atoms with E-state index >= 15 is 0 Å². The molecule has 1 saturated heterocycles. The Morgan fingerprint density at radius 1 is 1.44 bits per heavy atom. The molecule has 0 amide bonds. The number of carbonyl (C=O) groups is 1. The van der Waals surface area contributed by atoms with Gasteiger partial charge in [-0.15, -0.1) is 0 Å². The second kappa shape index (κ2) is 4.39. The highest BCUT2D eigenvalue weighted by Gasteiger charge is 2.36. The largest absolute Gasteiger partial charge is 0.461 e. The molecule has 0 saturated carbocycles. The van der Waals surface area contributed by atoms with Crippen LogP contribution in [0.3, 0.4) is 0 Å². The lowest BCUT2D eigenvalue weighted by Crippen LogP contribution is -2.17. The molecule has 0 aliphatic carbocycles. The first-order chi connectivity index (χ1) is 7.74. The van der Waals surface area contributed by atoms with Gasteiger partial charge in [0, 0.05) is 0 Å². The smallest absolute Gasteiger partial charge is 0.314 e. The molecule has 1 heterocycles. The maximum atomic E-state index is 11.6. The van der Waals surface area contributed by atoms with Crippen molar-refractivity contribution in [1.29, 1.82) is 0 Å². The van der Waals surface area contributed by atoms with Crippen LogP contribution in [0.1, 0.15) is 18.4 Å². The zero-order valence-corrected chi connectivity index (χ0v) is 9.22.